The Morgan fingerprint density at radius 3 is 2.23 bits per heavy atom. The lowest BCUT2D eigenvalue weighted by Gasteiger charge is -2.25. The van der Waals surface area contributed by atoms with Crippen LogP contribution in [0.5, 0.6) is 5.75 Å². The van der Waals surface area contributed by atoms with Gasteiger partial charge in [-0.25, -0.2) is 0 Å². The Labute approximate surface area is 182 Å². The van der Waals surface area contributed by atoms with Gasteiger partial charge in [0, 0.05) is 21.3 Å². The van der Waals surface area contributed by atoms with E-state index < -0.39 is 17.7 Å². The number of aliphatic hydroxyl groups is 1. The van der Waals surface area contributed by atoms with Gasteiger partial charge in [0.25, 0.3) is 11.7 Å². The zero-order chi connectivity index (χ0) is 21.4. The van der Waals surface area contributed by atoms with Crippen LogP contribution in [0.3, 0.4) is 0 Å². The number of halogens is 2. The van der Waals surface area contributed by atoms with Gasteiger partial charge < -0.3 is 10.2 Å². The van der Waals surface area contributed by atoms with Gasteiger partial charge >= 0.3 is 0 Å². The number of phenolic OH excluding ortho intramolecular Hbond substituents is 1. The fourth-order valence-corrected chi connectivity index (χ4v) is 3.82. The minimum Gasteiger partial charge on any atom is -0.508 e. The standard InChI is InChI=1S/C23H15Cl2NO4/c24-15-7-9-17(10-8-15)26-20(13-3-2-6-18(27)12-13)19(22(29)23(26)30)21(28)14-4-1-5-16(25)11-14/h1-12,20,27-28H/b21-19-. The molecule has 2 N–H and O–H groups in total. The predicted octanol–water partition coefficient (Wildman–Crippen LogP) is 5.33. The van der Waals surface area contributed by atoms with Crippen molar-refractivity contribution in [1.82, 2.24) is 0 Å². The van der Waals surface area contributed by atoms with Gasteiger partial charge in [-0.15, -0.1) is 0 Å². The summed E-state index contributed by atoms with van der Waals surface area (Å²) in [6, 6.07) is 18.1. The van der Waals surface area contributed by atoms with E-state index in [9.17, 15) is 19.8 Å². The summed E-state index contributed by atoms with van der Waals surface area (Å²) in [6.07, 6.45) is 0. The number of hydrogen-bond acceptors (Lipinski definition) is 4. The highest BCUT2D eigenvalue weighted by molar-refractivity contribution is 6.51. The lowest BCUT2D eigenvalue weighted by atomic mass is 9.95. The summed E-state index contributed by atoms with van der Waals surface area (Å²) >= 11 is 12.0. The molecule has 5 nitrogen and oxygen atoms in total. The molecule has 1 unspecified atom stereocenters. The topological polar surface area (TPSA) is 77.8 Å². The van der Waals surface area contributed by atoms with Crippen LogP contribution in [0.25, 0.3) is 5.76 Å². The summed E-state index contributed by atoms with van der Waals surface area (Å²) in [5, 5.41) is 21.8. The minimum atomic E-state index is -0.947. The molecule has 3 aromatic carbocycles. The first kappa shape index (κ1) is 20.0. The van der Waals surface area contributed by atoms with E-state index in [-0.39, 0.29) is 17.1 Å². The number of aliphatic hydroxyl groups excluding tert-OH is 1. The second kappa shape index (κ2) is 7.86. The van der Waals surface area contributed by atoms with Gasteiger partial charge in [-0.05, 0) is 54.1 Å². The normalized spacial score (nSPS) is 18.1. The molecule has 150 valence electrons. The first-order valence-corrected chi connectivity index (χ1v) is 9.74. The van der Waals surface area contributed by atoms with Crippen molar-refractivity contribution in [3.8, 4) is 5.75 Å². The highest BCUT2D eigenvalue weighted by Crippen LogP contribution is 2.43. The van der Waals surface area contributed by atoms with Crippen LogP contribution < -0.4 is 4.90 Å². The third-order valence-corrected chi connectivity index (χ3v) is 5.32. The van der Waals surface area contributed by atoms with Crippen LogP contribution in [0.15, 0.2) is 78.4 Å². The van der Waals surface area contributed by atoms with Gasteiger partial charge in [0.2, 0.25) is 0 Å². The average molecular weight is 440 g/mol. The van der Waals surface area contributed by atoms with E-state index in [4.69, 9.17) is 23.2 Å². The van der Waals surface area contributed by atoms with Crippen LogP contribution in [-0.4, -0.2) is 21.9 Å². The number of rotatable bonds is 3. The Bertz CT molecular complexity index is 1190. The van der Waals surface area contributed by atoms with E-state index in [1.54, 1.807) is 54.6 Å². The maximum Gasteiger partial charge on any atom is 0.300 e. The number of phenols is 1. The lowest BCUT2D eigenvalue weighted by molar-refractivity contribution is -0.132. The predicted molar refractivity (Wildman–Crippen MR) is 116 cm³/mol. The zero-order valence-corrected chi connectivity index (χ0v) is 16.9. The van der Waals surface area contributed by atoms with Crippen molar-refractivity contribution in [2.45, 2.75) is 6.04 Å². The summed E-state index contributed by atoms with van der Waals surface area (Å²) in [7, 11) is 0. The van der Waals surface area contributed by atoms with Gasteiger partial charge in [0.15, 0.2) is 0 Å². The number of nitrogens with zero attached hydrogens (tertiary/aromatic N) is 1. The highest BCUT2D eigenvalue weighted by Gasteiger charge is 2.47. The summed E-state index contributed by atoms with van der Waals surface area (Å²) in [6.45, 7) is 0. The van der Waals surface area contributed by atoms with Crippen molar-refractivity contribution in [3.05, 3.63) is 99.5 Å². The summed E-state index contributed by atoms with van der Waals surface area (Å²) < 4.78 is 0. The summed E-state index contributed by atoms with van der Waals surface area (Å²) in [5.41, 5.74) is 1.11. The number of amides is 1. The number of ketones is 1. The first-order chi connectivity index (χ1) is 14.4. The van der Waals surface area contributed by atoms with E-state index in [2.05, 4.69) is 0 Å². The van der Waals surface area contributed by atoms with Crippen LogP contribution in [0, 0.1) is 0 Å². The van der Waals surface area contributed by atoms with E-state index in [0.717, 1.165) is 0 Å². The molecule has 30 heavy (non-hydrogen) atoms. The number of carbonyl (C=O) groups excluding carboxylic acids is 2. The largest absolute Gasteiger partial charge is 0.508 e. The number of benzene rings is 3. The van der Waals surface area contributed by atoms with Crippen LogP contribution in [0.1, 0.15) is 17.2 Å². The fraction of sp³-hybridized carbons (Fsp3) is 0.0435. The van der Waals surface area contributed by atoms with Crippen LogP contribution >= 0.6 is 23.2 Å². The average Bonchev–Trinajstić information content (AvgIpc) is 2.99. The Morgan fingerprint density at radius 2 is 1.57 bits per heavy atom. The monoisotopic (exact) mass is 439 g/mol. The van der Waals surface area contributed by atoms with Gasteiger partial charge in [0.1, 0.15) is 11.5 Å². The van der Waals surface area contributed by atoms with Gasteiger partial charge in [0.05, 0.1) is 11.6 Å². The second-order valence-electron chi connectivity index (χ2n) is 6.75. The molecular formula is C23H15Cl2NO4. The number of Topliss-reactive ketones (excluding diaryl/α,β-unsaturated/α-hetero) is 1. The third-order valence-electron chi connectivity index (χ3n) is 4.83. The molecule has 0 spiro atoms. The van der Waals surface area contributed by atoms with Crippen molar-refractivity contribution in [3.63, 3.8) is 0 Å². The molecule has 1 aliphatic rings. The van der Waals surface area contributed by atoms with E-state index in [1.807, 2.05) is 0 Å². The molecule has 0 aliphatic carbocycles. The third kappa shape index (κ3) is 3.54. The Morgan fingerprint density at radius 1 is 0.867 bits per heavy atom. The van der Waals surface area contributed by atoms with Gasteiger partial charge in [-0.1, -0.05) is 47.5 Å². The van der Waals surface area contributed by atoms with Crippen molar-refractivity contribution in [2.75, 3.05) is 4.90 Å². The Kier molecular flexibility index (Phi) is 5.24. The molecule has 1 saturated heterocycles. The summed E-state index contributed by atoms with van der Waals surface area (Å²) in [4.78, 5) is 27.3. The van der Waals surface area contributed by atoms with Crippen molar-refractivity contribution < 1.29 is 19.8 Å². The molecule has 1 amide bonds. The minimum absolute atomic E-state index is 0.0306. The molecule has 0 aromatic heterocycles. The summed E-state index contributed by atoms with van der Waals surface area (Å²) in [5.74, 6) is -2.01. The fourth-order valence-electron chi connectivity index (χ4n) is 3.50. The van der Waals surface area contributed by atoms with Gasteiger partial charge in [-0.2, -0.15) is 0 Å². The van der Waals surface area contributed by atoms with Crippen LogP contribution in [0.4, 0.5) is 5.69 Å². The van der Waals surface area contributed by atoms with Crippen molar-refractivity contribution in [2.24, 2.45) is 0 Å². The van der Waals surface area contributed by atoms with Gasteiger partial charge in [-0.3, -0.25) is 14.5 Å². The molecule has 4 rings (SSSR count). The van der Waals surface area contributed by atoms with Crippen molar-refractivity contribution in [1.29, 1.82) is 0 Å². The van der Waals surface area contributed by atoms with E-state index in [1.165, 1.54) is 23.1 Å². The SMILES string of the molecule is O=C1C(=O)N(c2ccc(Cl)cc2)C(c2cccc(O)c2)/C1=C(/O)c1cccc(Cl)c1. The second-order valence-corrected chi connectivity index (χ2v) is 7.62. The smallest absolute Gasteiger partial charge is 0.300 e. The van der Waals surface area contributed by atoms with Crippen LogP contribution in [-0.2, 0) is 9.59 Å². The van der Waals surface area contributed by atoms with Crippen LogP contribution in [0.2, 0.25) is 10.0 Å². The molecule has 1 atom stereocenters. The Hall–Kier alpha value is -3.28. The van der Waals surface area contributed by atoms with E-state index >= 15 is 0 Å². The zero-order valence-electron chi connectivity index (χ0n) is 15.4. The maximum absolute atomic E-state index is 13.0. The molecule has 1 aliphatic heterocycles. The molecular weight excluding hydrogens is 425 g/mol. The molecule has 0 saturated carbocycles. The number of aromatic hydroxyl groups is 1. The quantitative estimate of drug-likeness (QED) is 0.328. The number of carbonyl (C=O) groups is 2. The molecule has 7 heteroatoms. The molecule has 1 heterocycles. The van der Waals surface area contributed by atoms with E-state index in [0.29, 0.717) is 26.9 Å². The highest BCUT2D eigenvalue weighted by atomic mass is 35.5. The first-order valence-electron chi connectivity index (χ1n) is 8.98. The maximum atomic E-state index is 13.0. The molecule has 0 bridgehead atoms. The number of anilines is 1. The lowest BCUT2D eigenvalue weighted by Crippen LogP contribution is -2.29. The Balaban J connectivity index is 1.96. The molecule has 0 radical (unpaired) electrons. The van der Waals surface area contributed by atoms with Crippen molar-refractivity contribution >= 4 is 46.3 Å². The number of hydrogen-bond donors (Lipinski definition) is 2. The molecule has 3 aromatic rings. The molecule has 1 fully saturated rings.